The topological polar surface area (TPSA) is 120 Å². The summed E-state index contributed by atoms with van der Waals surface area (Å²) in [6.07, 6.45) is -1.40. The van der Waals surface area contributed by atoms with Crippen LogP contribution < -0.4 is 10.2 Å². The third-order valence-electron chi connectivity index (χ3n) is 5.51. The number of aliphatic hydroxyl groups is 1. The largest absolute Gasteiger partial charge is 0.481 e. The minimum atomic E-state index is -3.38. The van der Waals surface area contributed by atoms with E-state index in [1.165, 1.54) is 0 Å². The van der Waals surface area contributed by atoms with Crippen LogP contribution in [-0.2, 0) is 21.2 Å². The van der Waals surface area contributed by atoms with E-state index in [1.54, 1.807) is 12.1 Å². The minimum absolute atomic E-state index is 0.0162. The molecule has 2 heterocycles. The van der Waals surface area contributed by atoms with Gasteiger partial charge in [-0.25, -0.2) is 13.4 Å². The molecule has 0 saturated carbocycles. The van der Waals surface area contributed by atoms with Crippen molar-refractivity contribution >= 4 is 38.2 Å². The molecule has 1 aliphatic heterocycles. The van der Waals surface area contributed by atoms with E-state index in [2.05, 4.69) is 5.32 Å². The standard InChI is InChI=1S/C23H25N3O5S/c1-15-6-7-19-18(10-15)20(24-13-17(27)11-23(28)29)12-22(25-19)26-8-9-32(30,31)21-5-3-2-4-16(21)14-26/h2-7,10,12,17,27H,8-9,11,13-14H2,1H3,(H,24,25)(H,28,29). The molecule has 0 radical (unpaired) electrons. The fraction of sp³-hybridized carbons (Fsp3) is 0.304. The Bertz CT molecular complexity index is 1280. The molecule has 0 amide bonds. The average molecular weight is 456 g/mol. The third-order valence-corrected chi connectivity index (χ3v) is 7.30. The van der Waals surface area contributed by atoms with Crippen LogP contribution in [0.15, 0.2) is 53.4 Å². The number of pyridine rings is 1. The number of benzene rings is 2. The Balaban J connectivity index is 1.72. The fourth-order valence-corrected chi connectivity index (χ4v) is 5.39. The zero-order valence-electron chi connectivity index (χ0n) is 17.7. The van der Waals surface area contributed by atoms with Gasteiger partial charge in [0.2, 0.25) is 0 Å². The molecule has 0 spiro atoms. The number of carbonyl (C=O) groups is 1. The maximum atomic E-state index is 12.7. The highest BCUT2D eigenvalue weighted by Gasteiger charge is 2.26. The normalized spacial score (nSPS) is 16.2. The van der Waals surface area contributed by atoms with E-state index in [4.69, 9.17) is 10.1 Å². The van der Waals surface area contributed by atoms with E-state index in [1.807, 2.05) is 48.2 Å². The fourth-order valence-electron chi connectivity index (χ4n) is 3.89. The summed E-state index contributed by atoms with van der Waals surface area (Å²) in [7, 11) is -3.38. The number of anilines is 2. The maximum Gasteiger partial charge on any atom is 0.306 e. The number of aliphatic carboxylic acids is 1. The summed E-state index contributed by atoms with van der Waals surface area (Å²) >= 11 is 0. The van der Waals surface area contributed by atoms with Crippen LogP contribution in [0, 0.1) is 6.92 Å². The molecule has 4 rings (SSSR count). The third kappa shape index (κ3) is 4.68. The second kappa shape index (κ2) is 8.76. The monoisotopic (exact) mass is 455 g/mol. The molecule has 3 aromatic rings. The van der Waals surface area contributed by atoms with Crippen LogP contribution in [0.4, 0.5) is 11.5 Å². The molecule has 1 aromatic heterocycles. The summed E-state index contributed by atoms with van der Waals surface area (Å²) in [6, 6.07) is 14.7. The number of hydrogen-bond donors (Lipinski definition) is 3. The molecular weight excluding hydrogens is 430 g/mol. The summed E-state index contributed by atoms with van der Waals surface area (Å²) in [5, 5.41) is 22.9. The highest BCUT2D eigenvalue weighted by Crippen LogP contribution is 2.31. The first-order valence-corrected chi connectivity index (χ1v) is 12.0. The van der Waals surface area contributed by atoms with Gasteiger partial charge in [0, 0.05) is 36.8 Å². The van der Waals surface area contributed by atoms with Gasteiger partial charge in [-0.15, -0.1) is 0 Å². The Morgan fingerprint density at radius 1 is 1.22 bits per heavy atom. The van der Waals surface area contributed by atoms with Gasteiger partial charge in [0.1, 0.15) is 5.82 Å². The summed E-state index contributed by atoms with van der Waals surface area (Å²) in [5.41, 5.74) is 3.19. The quantitative estimate of drug-likeness (QED) is 0.519. The number of fused-ring (bicyclic) bond motifs is 2. The number of nitrogens with zero attached hydrogens (tertiary/aromatic N) is 2. The number of hydrogen-bond acceptors (Lipinski definition) is 7. The van der Waals surface area contributed by atoms with Crippen molar-refractivity contribution in [2.75, 3.05) is 29.1 Å². The molecule has 1 unspecified atom stereocenters. The number of sulfone groups is 1. The van der Waals surface area contributed by atoms with Crippen molar-refractivity contribution < 1.29 is 23.4 Å². The highest BCUT2D eigenvalue weighted by molar-refractivity contribution is 7.91. The Labute approximate surface area is 186 Å². The molecule has 1 aliphatic rings. The minimum Gasteiger partial charge on any atom is -0.481 e. The molecule has 0 fully saturated rings. The van der Waals surface area contributed by atoms with Crippen molar-refractivity contribution in [3.8, 4) is 0 Å². The first-order chi connectivity index (χ1) is 15.2. The second-order valence-electron chi connectivity index (χ2n) is 8.03. The van der Waals surface area contributed by atoms with E-state index in [-0.39, 0.29) is 18.7 Å². The lowest BCUT2D eigenvalue weighted by Crippen LogP contribution is -2.27. The van der Waals surface area contributed by atoms with Crippen LogP contribution in [-0.4, -0.2) is 54.5 Å². The molecule has 1 atom stereocenters. The average Bonchev–Trinajstić information content (AvgIpc) is 2.87. The van der Waals surface area contributed by atoms with Crippen molar-refractivity contribution in [2.45, 2.75) is 30.9 Å². The number of aliphatic hydroxyl groups excluding tert-OH is 1. The van der Waals surface area contributed by atoms with Gasteiger partial charge in [0.25, 0.3) is 0 Å². The second-order valence-corrected chi connectivity index (χ2v) is 10.1. The molecule has 2 aromatic carbocycles. The van der Waals surface area contributed by atoms with E-state index >= 15 is 0 Å². The molecule has 8 nitrogen and oxygen atoms in total. The van der Waals surface area contributed by atoms with Crippen LogP contribution in [0.25, 0.3) is 10.9 Å². The first-order valence-electron chi connectivity index (χ1n) is 10.3. The molecule has 0 aliphatic carbocycles. The van der Waals surface area contributed by atoms with Crippen LogP contribution >= 0.6 is 0 Å². The van der Waals surface area contributed by atoms with Crippen molar-refractivity contribution in [2.24, 2.45) is 0 Å². The van der Waals surface area contributed by atoms with Gasteiger partial charge < -0.3 is 20.4 Å². The molecule has 0 bridgehead atoms. The van der Waals surface area contributed by atoms with Gasteiger partial charge in [-0.3, -0.25) is 4.79 Å². The van der Waals surface area contributed by atoms with Crippen molar-refractivity contribution in [1.29, 1.82) is 0 Å². The Hall–Kier alpha value is -3.17. The number of nitrogens with one attached hydrogen (secondary N) is 1. The smallest absolute Gasteiger partial charge is 0.306 e. The Morgan fingerprint density at radius 3 is 2.78 bits per heavy atom. The van der Waals surface area contributed by atoms with E-state index in [0.717, 1.165) is 22.0 Å². The molecule has 9 heteroatoms. The molecule has 3 N–H and O–H groups in total. The number of carboxylic acids is 1. The van der Waals surface area contributed by atoms with Gasteiger partial charge in [-0.1, -0.05) is 29.8 Å². The van der Waals surface area contributed by atoms with Crippen LogP contribution in [0.1, 0.15) is 17.5 Å². The van der Waals surface area contributed by atoms with Gasteiger partial charge in [-0.2, -0.15) is 0 Å². The van der Waals surface area contributed by atoms with Gasteiger partial charge in [0.15, 0.2) is 9.84 Å². The van der Waals surface area contributed by atoms with E-state index < -0.39 is 21.9 Å². The van der Waals surface area contributed by atoms with Crippen molar-refractivity contribution in [1.82, 2.24) is 4.98 Å². The predicted octanol–water partition coefficient (Wildman–Crippen LogP) is 2.58. The SMILES string of the molecule is Cc1ccc2nc(N3CCS(=O)(=O)c4ccccc4C3)cc(NCC(O)CC(=O)O)c2c1. The van der Waals surface area contributed by atoms with Crippen molar-refractivity contribution in [3.63, 3.8) is 0 Å². The summed E-state index contributed by atoms with van der Waals surface area (Å²) < 4.78 is 25.4. The summed E-state index contributed by atoms with van der Waals surface area (Å²) in [6.45, 7) is 2.73. The number of carboxylic acid groups (broad SMARTS) is 1. The molecule has 32 heavy (non-hydrogen) atoms. The van der Waals surface area contributed by atoms with Crippen LogP contribution in [0.5, 0.6) is 0 Å². The zero-order valence-corrected chi connectivity index (χ0v) is 18.5. The molecule has 0 saturated heterocycles. The predicted molar refractivity (Wildman–Crippen MR) is 123 cm³/mol. The highest BCUT2D eigenvalue weighted by atomic mass is 32.2. The summed E-state index contributed by atoms with van der Waals surface area (Å²) in [5.74, 6) is -0.471. The van der Waals surface area contributed by atoms with Crippen molar-refractivity contribution in [3.05, 3.63) is 59.7 Å². The Kier molecular flexibility index (Phi) is 6.03. The van der Waals surface area contributed by atoms with Gasteiger partial charge in [-0.05, 0) is 30.7 Å². The number of rotatable bonds is 6. The maximum absolute atomic E-state index is 12.7. The number of aromatic nitrogens is 1. The van der Waals surface area contributed by atoms with Crippen LogP contribution in [0.3, 0.4) is 0 Å². The lowest BCUT2D eigenvalue weighted by atomic mass is 10.1. The van der Waals surface area contributed by atoms with E-state index in [0.29, 0.717) is 29.5 Å². The number of aryl methyl sites for hydroxylation is 1. The summed E-state index contributed by atoms with van der Waals surface area (Å²) in [4.78, 5) is 17.9. The first kappa shape index (κ1) is 22.0. The zero-order chi connectivity index (χ0) is 22.9. The molecular formula is C23H25N3O5S. The lowest BCUT2D eigenvalue weighted by Gasteiger charge is -2.23. The van der Waals surface area contributed by atoms with Gasteiger partial charge in [0.05, 0.1) is 28.7 Å². The van der Waals surface area contributed by atoms with Crippen LogP contribution in [0.2, 0.25) is 0 Å². The lowest BCUT2D eigenvalue weighted by molar-refractivity contribution is -0.138. The van der Waals surface area contributed by atoms with Gasteiger partial charge >= 0.3 is 5.97 Å². The van der Waals surface area contributed by atoms with E-state index in [9.17, 15) is 18.3 Å². The molecule has 168 valence electrons. The Morgan fingerprint density at radius 2 is 2.00 bits per heavy atom.